The highest BCUT2D eigenvalue weighted by molar-refractivity contribution is 5.74. The summed E-state index contributed by atoms with van der Waals surface area (Å²) in [5.74, 6) is 0. The van der Waals surface area contributed by atoms with E-state index in [1.54, 1.807) is 13.0 Å². The number of nitrogens with zero attached hydrogens (tertiary/aromatic N) is 1. The van der Waals surface area contributed by atoms with Crippen molar-refractivity contribution in [3.63, 3.8) is 0 Å². The molecule has 32 heavy (non-hydrogen) atoms. The molecule has 2 aliphatic carbocycles. The number of aliphatic imine (C=N–C) groups is 1. The van der Waals surface area contributed by atoms with Crippen LogP contribution in [0.4, 0.5) is 9.18 Å². The minimum atomic E-state index is -1.17. The molecule has 1 unspecified atom stereocenters. The van der Waals surface area contributed by atoms with Gasteiger partial charge in [-0.15, -0.1) is 0 Å². The van der Waals surface area contributed by atoms with Crippen LogP contribution in [0.15, 0.2) is 65.1 Å². The lowest BCUT2D eigenvalue weighted by molar-refractivity contribution is 0.238. The molecule has 2 atom stereocenters. The second-order valence-electron chi connectivity index (χ2n) is 8.04. The zero-order chi connectivity index (χ0) is 22.9. The zero-order valence-corrected chi connectivity index (χ0v) is 18.7. The summed E-state index contributed by atoms with van der Waals surface area (Å²) in [5.41, 5.74) is 5.59. The van der Waals surface area contributed by atoms with Gasteiger partial charge in [-0.25, -0.2) is 14.2 Å². The fraction of sp³-hybridized carbons (Fsp3) is 0.360. The third-order valence-electron chi connectivity index (χ3n) is 5.38. The van der Waals surface area contributed by atoms with Gasteiger partial charge in [-0.1, -0.05) is 36.9 Å². The predicted octanol–water partition coefficient (Wildman–Crippen LogP) is 4.26. The van der Waals surface area contributed by atoms with Crippen LogP contribution in [0.5, 0.6) is 0 Å². The Bertz CT molecular complexity index is 963. The minimum absolute atomic E-state index is 0.0822. The van der Waals surface area contributed by atoms with Gasteiger partial charge in [0.25, 0.3) is 0 Å². The fourth-order valence-corrected chi connectivity index (χ4v) is 3.76. The molecule has 0 aromatic heterocycles. The lowest BCUT2D eigenvalue weighted by Gasteiger charge is -2.22. The van der Waals surface area contributed by atoms with Crippen LogP contribution in [0.25, 0.3) is 6.08 Å². The molecule has 170 valence electrons. The van der Waals surface area contributed by atoms with Crippen LogP contribution in [0.2, 0.25) is 0 Å². The number of benzene rings is 1. The standard InChI is InChI=1S/C25H32FN5O/c1-17(2)29-16-30-24-12-11-20(15-23(24)26)27-13-14-28-25(32)31-18(3)21-10-6-8-19-7-4-5-9-22(19)21/h4,6-8,10-12,16,18,23,27H,1,5,9,13-15H2,2-3H3,(H,29,30)(H2,28,31,32)/t18-,23?/m0/s1. The molecular weight excluding hydrogens is 405 g/mol. The number of hydrogen-bond acceptors (Lipinski definition) is 3. The van der Waals surface area contributed by atoms with Gasteiger partial charge < -0.3 is 21.3 Å². The Balaban J connectivity index is 1.41. The van der Waals surface area contributed by atoms with Crippen molar-refractivity contribution in [1.82, 2.24) is 21.3 Å². The number of nitrogens with one attached hydrogen (secondary N) is 4. The van der Waals surface area contributed by atoms with E-state index in [9.17, 15) is 9.18 Å². The van der Waals surface area contributed by atoms with Crippen molar-refractivity contribution in [1.29, 1.82) is 0 Å². The van der Waals surface area contributed by atoms with Crippen LogP contribution in [0.3, 0.4) is 0 Å². The number of fused-ring (bicyclic) bond motifs is 1. The monoisotopic (exact) mass is 437 g/mol. The molecule has 6 nitrogen and oxygen atoms in total. The van der Waals surface area contributed by atoms with E-state index >= 15 is 0 Å². The smallest absolute Gasteiger partial charge is 0.315 e. The molecule has 4 N–H and O–H groups in total. The number of alkyl halides is 1. The number of rotatable bonds is 9. The number of carbonyl (C=O) groups excluding carboxylic acids is 1. The lowest BCUT2D eigenvalue weighted by atomic mass is 9.90. The minimum Gasteiger partial charge on any atom is -0.386 e. The summed E-state index contributed by atoms with van der Waals surface area (Å²) in [5, 5.41) is 11.9. The van der Waals surface area contributed by atoms with Gasteiger partial charge in [0, 0.05) is 30.9 Å². The normalized spacial score (nSPS) is 18.3. The number of urea groups is 1. The Kier molecular flexibility index (Phi) is 8.25. The Morgan fingerprint density at radius 2 is 2.19 bits per heavy atom. The van der Waals surface area contributed by atoms with Gasteiger partial charge >= 0.3 is 6.03 Å². The first kappa shape index (κ1) is 23.3. The number of hydrogen-bond donors (Lipinski definition) is 4. The number of amides is 2. The predicted molar refractivity (Wildman–Crippen MR) is 129 cm³/mol. The third-order valence-corrected chi connectivity index (χ3v) is 5.38. The van der Waals surface area contributed by atoms with E-state index in [-0.39, 0.29) is 18.5 Å². The summed E-state index contributed by atoms with van der Waals surface area (Å²) in [6, 6.07) is 5.92. The molecule has 2 amide bonds. The van der Waals surface area contributed by atoms with E-state index in [1.807, 2.05) is 19.1 Å². The SMILES string of the molecule is C=C(C)NC=NC1=CC=C(NCCNC(=O)N[C@@H](C)c2cccc3c2CCC=C3)CC1F. The Hall–Kier alpha value is -3.35. The van der Waals surface area contributed by atoms with Crippen molar-refractivity contribution < 1.29 is 9.18 Å². The van der Waals surface area contributed by atoms with Crippen LogP contribution in [0, 0.1) is 0 Å². The molecule has 0 aliphatic heterocycles. The van der Waals surface area contributed by atoms with E-state index in [2.05, 4.69) is 57.1 Å². The highest BCUT2D eigenvalue weighted by atomic mass is 19.1. The van der Waals surface area contributed by atoms with E-state index in [4.69, 9.17) is 0 Å². The van der Waals surface area contributed by atoms with Gasteiger partial charge in [-0.05, 0) is 55.5 Å². The number of halogens is 1. The molecule has 0 radical (unpaired) electrons. The first-order valence-corrected chi connectivity index (χ1v) is 11.0. The zero-order valence-electron chi connectivity index (χ0n) is 18.7. The quantitative estimate of drug-likeness (QED) is 0.265. The highest BCUT2D eigenvalue weighted by Gasteiger charge is 2.18. The molecule has 0 bridgehead atoms. The van der Waals surface area contributed by atoms with E-state index in [0.29, 0.717) is 18.8 Å². The fourth-order valence-electron chi connectivity index (χ4n) is 3.76. The van der Waals surface area contributed by atoms with Crippen LogP contribution in [0.1, 0.15) is 49.4 Å². The summed E-state index contributed by atoms with van der Waals surface area (Å²) in [6.45, 7) is 8.44. The maximum absolute atomic E-state index is 14.3. The first-order valence-electron chi connectivity index (χ1n) is 11.0. The molecule has 0 saturated heterocycles. The molecule has 0 heterocycles. The van der Waals surface area contributed by atoms with E-state index < -0.39 is 6.17 Å². The summed E-state index contributed by atoms with van der Waals surface area (Å²) in [6.07, 6.45) is 10.3. The highest BCUT2D eigenvalue weighted by Crippen LogP contribution is 2.27. The van der Waals surface area contributed by atoms with Crippen LogP contribution in [-0.4, -0.2) is 31.6 Å². The van der Waals surface area contributed by atoms with Gasteiger partial charge in [-0.3, -0.25) is 0 Å². The Morgan fingerprint density at radius 1 is 1.34 bits per heavy atom. The molecule has 2 aliphatic rings. The summed E-state index contributed by atoms with van der Waals surface area (Å²) < 4.78 is 14.3. The molecule has 1 aromatic rings. The second kappa shape index (κ2) is 11.3. The van der Waals surface area contributed by atoms with Crippen molar-refractivity contribution in [2.75, 3.05) is 13.1 Å². The van der Waals surface area contributed by atoms with Crippen LogP contribution < -0.4 is 21.3 Å². The van der Waals surface area contributed by atoms with Crippen molar-refractivity contribution in [2.24, 2.45) is 4.99 Å². The largest absolute Gasteiger partial charge is 0.386 e. The average Bonchev–Trinajstić information content (AvgIpc) is 2.77. The van der Waals surface area contributed by atoms with Crippen molar-refractivity contribution in [3.05, 3.63) is 76.8 Å². The Labute approximate surface area is 189 Å². The van der Waals surface area contributed by atoms with Gasteiger partial charge in [-0.2, -0.15) is 0 Å². The van der Waals surface area contributed by atoms with Gasteiger partial charge in [0.1, 0.15) is 6.17 Å². The number of allylic oxidation sites excluding steroid dienone is 6. The maximum Gasteiger partial charge on any atom is 0.315 e. The van der Waals surface area contributed by atoms with Crippen molar-refractivity contribution in [2.45, 2.75) is 45.3 Å². The summed E-state index contributed by atoms with van der Waals surface area (Å²) in [4.78, 5) is 16.4. The Morgan fingerprint density at radius 3 is 2.97 bits per heavy atom. The van der Waals surface area contributed by atoms with Gasteiger partial charge in [0.2, 0.25) is 0 Å². The topological polar surface area (TPSA) is 77.6 Å². The molecule has 7 heteroatoms. The second-order valence-corrected chi connectivity index (χ2v) is 8.04. The average molecular weight is 438 g/mol. The molecule has 3 rings (SSSR count). The van der Waals surface area contributed by atoms with Crippen LogP contribution in [-0.2, 0) is 6.42 Å². The van der Waals surface area contributed by atoms with E-state index in [1.165, 1.54) is 17.5 Å². The summed E-state index contributed by atoms with van der Waals surface area (Å²) >= 11 is 0. The molecular formula is C25H32FN5O. The first-order chi connectivity index (χ1) is 15.4. The molecule has 1 aromatic carbocycles. The van der Waals surface area contributed by atoms with Gasteiger partial charge in [0.05, 0.1) is 18.1 Å². The van der Waals surface area contributed by atoms with Crippen molar-refractivity contribution in [3.8, 4) is 0 Å². The third kappa shape index (κ3) is 6.57. The molecule has 0 saturated carbocycles. The van der Waals surface area contributed by atoms with E-state index in [0.717, 1.165) is 29.8 Å². The van der Waals surface area contributed by atoms with Crippen LogP contribution >= 0.6 is 0 Å². The van der Waals surface area contributed by atoms with Gasteiger partial charge in [0.15, 0.2) is 0 Å². The maximum atomic E-state index is 14.3. The van der Waals surface area contributed by atoms with Crippen molar-refractivity contribution >= 4 is 18.4 Å². The molecule has 0 spiro atoms. The lowest BCUT2D eigenvalue weighted by Crippen LogP contribution is -2.40. The number of carbonyl (C=O) groups is 1. The molecule has 0 fully saturated rings. The summed E-state index contributed by atoms with van der Waals surface area (Å²) in [7, 11) is 0.